The molecule has 2 nitrogen and oxygen atoms in total. The first-order valence-electron chi connectivity index (χ1n) is 6.75. The van der Waals surface area contributed by atoms with Gasteiger partial charge in [-0.05, 0) is 31.0 Å². The Morgan fingerprint density at radius 3 is 2.61 bits per heavy atom. The molecule has 2 heteroatoms. The van der Waals surface area contributed by atoms with E-state index in [1.165, 1.54) is 19.3 Å². The topological polar surface area (TPSA) is 18.5 Å². The quantitative estimate of drug-likeness (QED) is 0.621. The van der Waals surface area contributed by atoms with Crippen molar-refractivity contribution in [1.29, 1.82) is 0 Å². The van der Waals surface area contributed by atoms with Crippen molar-refractivity contribution in [3.05, 3.63) is 29.8 Å². The largest absolute Gasteiger partial charge is 0.493 e. The van der Waals surface area contributed by atoms with Crippen LogP contribution in [0.25, 0.3) is 6.08 Å². The highest BCUT2D eigenvalue weighted by Gasteiger charge is 2.04. The van der Waals surface area contributed by atoms with Gasteiger partial charge in [-0.15, -0.1) is 0 Å². The Morgan fingerprint density at radius 2 is 1.94 bits per heavy atom. The molecule has 0 bridgehead atoms. The van der Waals surface area contributed by atoms with Gasteiger partial charge in [-0.1, -0.05) is 44.4 Å². The van der Waals surface area contributed by atoms with E-state index in [2.05, 4.69) is 6.92 Å². The smallest absolute Gasteiger partial charge is 0.161 e. The van der Waals surface area contributed by atoms with Crippen LogP contribution in [0.2, 0.25) is 0 Å². The van der Waals surface area contributed by atoms with E-state index in [1.807, 2.05) is 37.3 Å². The minimum atomic E-state index is 0.763. The van der Waals surface area contributed by atoms with E-state index in [0.29, 0.717) is 0 Å². The first-order valence-corrected chi connectivity index (χ1v) is 6.75. The van der Waals surface area contributed by atoms with Crippen LogP contribution in [0.15, 0.2) is 24.3 Å². The van der Waals surface area contributed by atoms with E-state index in [0.717, 1.165) is 30.1 Å². The van der Waals surface area contributed by atoms with E-state index in [4.69, 9.17) is 9.47 Å². The highest BCUT2D eigenvalue weighted by Crippen LogP contribution is 2.28. The summed E-state index contributed by atoms with van der Waals surface area (Å²) in [6, 6.07) is 6.03. The fourth-order valence-electron chi connectivity index (χ4n) is 1.81. The molecule has 18 heavy (non-hydrogen) atoms. The molecule has 0 aliphatic carbocycles. The second-order valence-electron chi connectivity index (χ2n) is 4.32. The summed E-state index contributed by atoms with van der Waals surface area (Å²) in [5, 5.41) is 0. The van der Waals surface area contributed by atoms with E-state index < -0.39 is 0 Å². The molecular weight excluding hydrogens is 224 g/mol. The van der Waals surface area contributed by atoms with Gasteiger partial charge in [-0.25, -0.2) is 0 Å². The van der Waals surface area contributed by atoms with Gasteiger partial charge in [0.15, 0.2) is 11.5 Å². The number of ether oxygens (including phenoxy) is 2. The van der Waals surface area contributed by atoms with Crippen molar-refractivity contribution in [2.75, 3.05) is 13.7 Å². The lowest BCUT2D eigenvalue weighted by Crippen LogP contribution is -1.99. The molecule has 0 unspecified atom stereocenters. The molecule has 1 rings (SSSR count). The molecule has 0 N–H and O–H groups in total. The van der Waals surface area contributed by atoms with Crippen molar-refractivity contribution >= 4 is 6.08 Å². The predicted molar refractivity (Wildman–Crippen MR) is 77.3 cm³/mol. The Balaban J connectivity index is 2.54. The van der Waals surface area contributed by atoms with Gasteiger partial charge >= 0.3 is 0 Å². The Kier molecular flexibility index (Phi) is 7.00. The second kappa shape index (κ2) is 8.62. The average molecular weight is 248 g/mol. The van der Waals surface area contributed by atoms with Crippen LogP contribution in [0, 0.1) is 0 Å². The van der Waals surface area contributed by atoms with Crippen molar-refractivity contribution in [2.24, 2.45) is 0 Å². The van der Waals surface area contributed by atoms with Crippen LogP contribution in [0.4, 0.5) is 0 Å². The highest BCUT2D eigenvalue weighted by atomic mass is 16.5. The Bertz CT molecular complexity index is 369. The second-order valence-corrected chi connectivity index (χ2v) is 4.32. The summed E-state index contributed by atoms with van der Waals surface area (Å²) in [5.41, 5.74) is 1.13. The number of rotatable bonds is 8. The summed E-state index contributed by atoms with van der Waals surface area (Å²) in [7, 11) is 1.68. The molecule has 0 heterocycles. The third kappa shape index (κ3) is 4.82. The number of allylic oxidation sites excluding steroid dienone is 1. The maximum atomic E-state index is 5.76. The molecule has 0 fully saturated rings. The molecule has 0 amide bonds. The van der Waals surface area contributed by atoms with Gasteiger partial charge in [0.05, 0.1) is 13.7 Å². The number of benzene rings is 1. The van der Waals surface area contributed by atoms with E-state index in [9.17, 15) is 0 Å². The summed E-state index contributed by atoms with van der Waals surface area (Å²) < 4.78 is 11.1. The highest BCUT2D eigenvalue weighted by molar-refractivity contribution is 5.55. The van der Waals surface area contributed by atoms with Crippen LogP contribution in [-0.4, -0.2) is 13.7 Å². The van der Waals surface area contributed by atoms with Gasteiger partial charge in [0.1, 0.15) is 0 Å². The maximum Gasteiger partial charge on any atom is 0.161 e. The van der Waals surface area contributed by atoms with Gasteiger partial charge in [0, 0.05) is 0 Å². The lowest BCUT2D eigenvalue weighted by molar-refractivity contribution is 0.285. The summed E-state index contributed by atoms with van der Waals surface area (Å²) in [5.74, 6) is 1.64. The molecule has 1 aromatic carbocycles. The van der Waals surface area contributed by atoms with Crippen molar-refractivity contribution in [3.63, 3.8) is 0 Å². The molecular formula is C16H24O2. The van der Waals surface area contributed by atoms with E-state index in [1.54, 1.807) is 7.11 Å². The monoisotopic (exact) mass is 248 g/mol. The lowest BCUT2D eigenvalue weighted by atomic mass is 10.2. The zero-order chi connectivity index (χ0) is 13.2. The molecule has 0 aliphatic heterocycles. The SMILES string of the molecule is C/C=C\c1ccc(OCCCCCC)c(OC)c1. The van der Waals surface area contributed by atoms with Crippen molar-refractivity contribution < 1.29 is 9.47 Å². The summed E-state index contributed by atoms with van der Waals surface area (Å²) in [6.45, 7) is 4.98. The molecule has 100 valence electrons. The first-order chi connectivity index (χ1) is 8.81. The number of methoxy groups -OCH3 is 1. The summed E-state index contributed by atoms with van der Waals surface area (Å²) >= 11 is 0. The minimum absolute atomic E-state index is 0.763. The molecule has 0 aliphatic rings. The fraction of sp³-hybridized carbons (Fsp3) is 0.500. The van der Waals surface area contributed by atoms with Crippen molar-refractivity contribution in [2.45, 2.75) is 39.5 Å². The zero-order valence-corrected chi connectivity index (χ0v) is 11.7. The minimum Gasteiger partial charge on any atom is -0.493 e. The molecule has 0 spiro atoms. The third-order valence-electron chi connectivity index (χ3n) is 2.80. The number of hydrogen-bond acceptors (Lipinski definition) is 2. The standard InChI is InChI=1S/C16H24O2/c1-4-6-7-8-12-18-15-11-10-14(9-5-2)13-16(15)17-3/h5,9-11,13H,4,6-8,12H2,1-3H3/b9-5-. The van der Waals surface area contributed by atoms with Crippen molar-refractivity contribution in [1.82, 2.24) is 0 Å². The number of hydrogen-bond donors (Lipinski definition) is 0. The average Bonchev–Trinajstić information content (AvgIpc) is 2.40. The van der Waals surface area contributed by atoms with Gasteiger partial charge in [-0.2, -0.15) is 0 Å². The lowest BCUT2D eigenvalue weighted by Gasteiger charge is -2.11. The molecule has 0 saturated carbocycles. The normalized spacial score (nSPS) is 10.8. The molecule has 0 saturated heterocycles. The predicted octanol–water partition coefficient (Wildman–Crippen LogP) is 4.69. The van der Waals surface area contributed by atoms with Gasteiger partial charge in [0.2, 0.25) is 0 Å². The van der Waals surface area contributed by atoms with E-state index in [-0.39, 0.29) is 0 Å². The van der Waals surface area contributed by atoms with Crippen LogP contribution in [0.5, 0.6) is 11.5 Å². The fourth-order valence-corrected chi connectivity index (χ4v) is 1.81. The Hall–Kier alpha value is -1.44. The van der Waals surface area contributed by atoms with Gasteiger partial charge < -0.3 is 9.47 Å². The van der Waals surface area contributed by atoms with E-state index >= 15 is 0 Å². The Morgan fingerprint density at radius 1 is 1.11 bits per heavy atom. The molecule has 1 aromatic rings. The summed E-state index contributed by atoms with van der Waals surface area (Å²) in [4.78, 5) is 0. The molecule has 0 atom stereocenters. The first kappa shape index (κ1) is 14.6. The van der Waals surface area contributed by atoms with Crippen LogP contribution in [0.3, 0.4) is 0 Å². The summed E-state index contributed by atoms with van der Waals surface area (Å²) in [6.07, 6.45) is 8.93. The molecule has 0 aromatic heterocycles. The van der Waals surface area contributed by atoms with Crippen LogP contribution >= 0.6 is 0 Å². The third-order valence-corrected chi connectivity index (χ3v) is 2.80. The van der Waals surface area contributed by atoms with Crippen LogP contribution in [-0.2, 0) is 0 Å². The maximum absolute atomic E-state index is 5.76. The number of unbranched alkanes of at least 4 members (excludes halogenated alkanes) is 3. The van der Waals surface area contributed by atoms with Gasteiger partial charge in [-0.3, -0.25) is 0 Å². The van der Waals surface area contributed by atoms with Crippen LogP contribution < -0.4 is 9.47 Å². The Labute approximate surface area is 111 Å². The van der Waals surface area contributed by atoms with Gasteiger partial charge in [0.25, 0.3) is 0 Å². The molecule has 0 radical (unpaired) electrons. The van der Waals surface area contributed by atoms with Crippen molar-refractivity contribution in [3.8, 4) is 11.5 Å². The van der Waals surface area contributed by atoms with Crippen LogP contribution in [0.1, 0.15) is 45.1 Å². The zero-order valence-electron chi connectivity index (χ0n) is 11.7.